The first-order valence-corrected chi connectivity index (χ1v) is 6.24. The van der Waals surface area contributed by atoms with Crippen molar-refractivity contribution in [1.82, 2.24) is 10.2 Å². The molecule has 92 valence electrons. The van der Waals surface area contributed by atoms with Crippen molar-refractivity contribution in [3.8, 4) is 0 Å². The third-order valence-corrected chi connectivity index (χ3v) is 4.03. The minimum atomic E-state index is -0.411. The minimum Gasteiger partial charge on any atom is -0.395 e. The molecule has 1 aliphatic heterocycles. The molecule has 0 unspecified atom stereocenters. The number of piperidine rings is 1. The SMILES string of the molecule is CN1CCC(CNC(=O)C2(CO)CC2)CC1. The molecule has 2 fully saturated rings. The summed E-state index contributed by atoms with van der Waals surface area (Å²) >= 11 is 0. The van der Waals surface area contributed by atoms with E-state index in [9.17, 15) is 4.79 Å². The van der Waals surface area contributed by atoms with Gasteiger partial charge in [-0.1, -0.05) is 0 Å². The largest absolute Gasteiger partial charge is 0.395 e. The third kappa shape index (κ3) is 2.55. The van der Waals surface area contributed by atoms with E-state index in [1.165, 1.54) is 12.8 Å². The Morgan fingerprint density at radius 3 is 2.56 bits per heavy atom. The summed E-state index contributed by atoms with van der Waals surface area (Å²) in [7, 11) is 2.14. The summed E-state index contributed by atoms with van der Waals surface area (Å²) in [5.74, 6) is 0.684. The summed E-state index contributed by atoms with van der Waals surface area (Å²) in [6.07, 6.45) is 4.04. The Balaban J connectivity index is 1.69. The fraction of sp³-hybridized carbons (Fsp3) is 0.917. The Bertz CT molecular complexity index is 256. The quantitative estimate of drug-likeness (QED) is 0.721. The fourth-order valence-electron chi connectivity index (χ4n) is 2.30. The first-order valence-electron chi connectivity index (χ1n) is 6.24. The van der Waals surface area contributed by atoms with Gasteiger partial charge in [0, 0.05) is 6.54 Å². The number of hydrogen-bond acceptors (Lipinski definition) is 3. The number of hydrogen-bond donors (Lipinski definition) is 2. The van der Waals surface area contributed by atoms with Crippen molar-refractivity contribution in [3.05, 3.63) is 0 Å². The molecule has 1 amide bonds. The lowest BCUT2D eigenvalue weighted by Crippen LogP contribution is -2.40. The number of aliphatic hydroxyl groups is 1. The number of carbonyl (C=O) groups is 1. The van der Waals surface area contributed by atoms with E-state index in [0.29, 0.717) is 5.92 Å². The average Bonchev–Trinajstić information content (AvgIpc) is 3.09. The lowest BCUT2D eigenvalue weighted by atomic mass is 9.96. The van der Waals surface area contributed by atoms with Crippen LogP contribution in [0, 0.1) is 11.3 Å². The van der Waals surface area contributed by atoms with Crippen LogP contribution in [0.15, 0.2) is 0 Å². The van der Waals surface area contributed by atoms with E-state index >= 15 is 0 Å². The van der Waals surface area contributed by atoms with Crippen molar-refractivity contribution in [3.63, 3.8) is 0 Å². The number of aliphatic hydroxyl groups excluding tert-OH is 1. The Hall–Kier alpha value is -0.610. The number of nitrogens with one attached hydrogen (secondary N) is 1. The van der Waals surface area contributed by atoms with Crippen LogP contribution in [0.1, 0.15) is 25.7 Å². The predicted molar refractivity (Wildman–Crippen MR) is 62.0 cm³/mol. The van der Waals surface area contributed by atoms with Crippen LogP contribution in [0.3, 0.4) is 0 Å². The summed E-state index contributed by atoms with van der Waals surface area (Å²) in [5.41, 5.74) is -0.411. The van der Waals surface area contributed by atoms with Gasteiger partial charge in [0.05, 0.1) is 12.0 Å². The van der Waals surface area contributed by atoms with Gasteiger partial charge in [0.2, 0.25) is 5.91 Å². The normalized spacial score (nSPS) is 25.4. The van der Waals surface area contributed by atoms with Gasteiger partial charge in [-0.05, 0) is 51.7 Å². The van der Waals surface area contributed by atoms with Crippen LogP contribution in [-0.2, 0) is 4.79 Å². The van der Waals surface area contributed by atoms with Gasteiger partial charge in [0.1, 0.15) is 0 Å². The van der Waals surface area contributed by atoms with Crippen LogP contribution in [0.4, 0.5) is 0 Å². The lowest BCUT2D eigenvalue weighted by molar-refractivity contribution is -0.128. The highest BCUT2D eigenvalue weighted by Gasteiger charge is 2.49. The highest BCUT2D eigenvalue weighted by molar-refractivity contribution is 5.85. The summed E-state index contributed by atoms with van der Waals surface area (Å²) in [6.45, 7) is 3.05. The molecule has 4 heteroatoms. The van der Waals surface area contributed by atoms with Crippen LogP contribution < -0.4 is 5.32 Å². The Morgan fingerprint density at radius 1 is 1.44 bits per heavy atom. The number of carbonyl (C=O) groups excluding carboxylic acids is 1. The Morgan fingerprint density at radius 2 is 2.06 bits per heavy atom. The maximum Gasteiger partial charge on any atom is 0.228 e. The van der Waals surface area contributed by atoms with Crippen LogP contribution in [0.2, 0.25) is 0 Å². The molecule has 0 atom stereocenters. The van der Waals surface area contributed by atoms with Crippen molar-refractivity contribution in [2.45, 2.75) is 25.7 Å². The van der Waals surface area contributed by atoms with E-state index in [0.717, 1.165) is 32.5 Å². The molecule has 0 radical (unpaired) electrons. The minimum absolute atomic E-state index is 0.00619. The van der Waals surface area contributed by atoms with E-state index in [-0.39, 0.29) is 12.5 Å². The van der Waals surface area contributed by atoms with Crippen LogP contribution in [0.25, 0.3) is 0 Å². The molecule has 4 nitrogen and oxygen atoms in total. The Labute approximate surface area is 97.0 Å². The van der Waals surface area contributed by atoms with Crippen molar-refractivity contribution in [1.29, 1.82) is 0 Å². The molecule has 1 heterocycles. The first-order chi connectivity index (χ1) is 7.66. The van der Waals surface area contributed by atoms with Gasteiger partial charge >= 0.3 is 0 Å². The molecule has 2 rings (SSSR count). The van der Waals surface area contributed by atoms with Gasteiger partial charge in [0.25, 0.3) is 0 Å². The van der Waals surface area contributed by atoms with E-state index in [1.54, 1.807) is 0 Å². The van der Waals surface area contributed by atoms with Crippen LogP contribution in [-0.4, -0.2) is 49.2 Å². The third-order valence-electron chi connectivity index (χ3n) is 4.03. The maximum atomic E-state index is 11.8. The summed E-state index contributed by atoms with van der Waals surface area (Å²) in [4.78, 5) is 14.1. The average molecular weight is 226 g/mol. The van der Waals surface area contributed by atoms with Gasteiger partial charge < -0.3 is 15.3 Å². The summed E-state index contributed by atoms with van der Waals surface area (Å²) in [5, 5.41) is 12.1. The molecular weight excluding hydrogens is 204 g/mol. The zero-order valence-corrected chi connectivity index (χ0v) is 10.0. The summed E-state index contributed by atoms with van der Waals surface area (Å²) in [6, 6.07) is 0. The zero-order chi connectivity index (χ0) is 11.6. The predicted octanol–water partition coefficient (Wildman–Crippen LogP) is 0.217. The lowest BCUT2D eigenvalue weighted by Gasteiger charge is -2.29. The molecule has 2 N–H and O–H groups in total. The monoisotopic (exact) mass is 226 g/mol. The van der Waals surface area contributed by atoms with Crippen LogP contribution in [0.5, 0.6) is 0 Å². The molecule has 0 spiro atoms. The standard InChI is InChI=1S/C12H22N2O2/c1-14-6-2-10(3-7-14)8-13-11(16)12(9-15)4-5-12/h10,15H,2-9H2,1H3,(H,13,16). The van der Waals surface area contributed by atoms with Gasteiger partial charge in [0.15, 0.2) is 0 Å². The van der Waals surface area contributed by atoms with Crippen molar-refractivity contribution >= 4 is 5.91 Å². The van der Waals surface area contributed by atoms with Crippen molar-refractivity contribution in [2.24, 2.45) is 11.3 Å². The van der Waals surface area contributed by atoms with Crippen molar-refractivity contribution in [2.75, 3.05) is 33.3 Å². The van der Waals surface area contributed by atoms with Gasteiger partial charge in [-0.15, -0.1) is 0 Å². The fourth-order valence-corrected chi connectivity index (χ4v) is 2.30. The second-order valence-corrected chi connectivity index (χ2v) is 5.40. The number of amides is 1. The number of rotatable bonds is 4. The highest BCUT2D eigenvalue weighted by Crippen LogP contribution is 2.45. The highest BCUT2D eigenvalue weighted by atomic mass is 16.3. The molecule has 16 heavy (non-hydrogen) atoms. The second kappa shape index (κ2) is 4.72. The number of likely N-dealkylation sites (tertiary alicyclic amines) is 1. The smallest absolute Gasteiger partial charge is 0.228 e. The molecule has 0 aromatic heterocycles. The van der Waals surface area contributed by atoms with Crippen molar-refractivity contribution < 1.29 is 9.90 Å². The van der Waals surface area contributed by atoms with E-state index < -0.39 is 5.41 Å². The van der Waals surface area contributed by atoms with Gasteiger partial charge in [-0.3, -0.25) is 4.79 Å². The molecule has 1 aliphatic carbocycles. The van der Waals surface area contributed by atoms with Gasteiger partial charge in [-0.2, -0.15) is 0 Å². The molecule has 0 bridgehead atoms. The maximum absolute atomic E-state index is 11.8. The van der Waals surface area contributed by atoms with E-state index in [2.05, 4.69) is 17.3 Å². The Kier molecular flexibility index (Phi) is 3.50. The molecule has 0 aromatic carbocycles. The second-order valence-electron chi connectivity index (χ2n) is 5.40. The number of nitrogens with zero attached hydrogens (tertiary/aromatic N) is 1. The molecule has 2 aliphatic rings. The zero-order valence-electron chi connectivity index (χ0n) is 10.0. The first kappa shape index (κ1) is 11.9. The van der Waals surface area contributed by atoms with E-state index in [4.69, 9.17) is 5.11 Å². The topological polar surface area (TPSA) is 52.6 Å². The van der Waals surface area contributed by atoms with Crippen LogP contribution >= 0.6 is 0 Å². The molecule has 0 aromatic rings. The molecular formula is C12H22N2O2. The van der Waals surface area contributed by atoms with E-state index in [1.807, 2.05) is 0 Å². The summed E-state index contributed by atoms with van der Waals surface area (Å²) < 4.78 is 0. The van der Waals surface area contributed by atoms with Gasteiger partial charge in [-0.25, -0.2) is 0 Å². The molecule has 1 saturated heterocycles. The molecule has 1 saturated carbocycles.